The third-order valence-corrected chi connectivity index (χ3v) is 6.85. The van der Waals surface area contributed by atoms with Gasteiger partial charge < -0.3 is 15.5 Å². The lowest BCUT2D eigenvalue weighted by atomic mass is 9.75. The van der Waals surface area contributed by atoms with Crippen LogP contribution in [-0.2, 0) is 4.79 Å². The van der Waals surface area contributed by atoms with Gasteiger partial charge in [0.05, 0.1) is 0 Å². The third kappa shape index (κ3) is 5.08. The number of piperazine rings is 1. The summed E-state index contributed by atoms with van der Waals surface area (Å²) in [6.07, 6.45) is 2.44. The predicted octanol–water partition coefficient (Wildman–Crippen LogP) is 1.68. The van der Waals surface area contributed by atoms with E-state index in [4.69, 9.17) is 0 Å². The van der Waals surface area contributed by atoms with E-state index in [0.717, 1.165) is 57.4 Å². The van der Waals surface area contributed by atoms with Crippen molar-refractivity contribution in [3.63, 3.8) is 0 Å². The Balaban J connectivity index is 1.21. The molecule has 2 bridgehead atoms. The quantitative estimate of drug-likeness (QED) is 0.791. The van der Waals surface area contributed by atoms with Gasteiger partial charge in [-0.1, -0.05) is 18.2 Å². The molecule has 3 amide bonds. The monoisotopic (exact) mass is 399 g/mol. The second kappa shape index (κ2) is 9.13. The van der Waals surface area contributed by atoms with Crippen molar-refractivity contribution in [2.45, 2.75) is 25.8 Å². The molecule has 4 heterocycles. The van der Waals surface area contributed by atoms with Crippen LogP contribution in [0.3, 0.4) is 0 Å². The number of carbonyl (C=O) groups is 2. The lowest BCUT2D eigenvalue weighted by Gasteiger charge is -2.51. The van der Waals surface area contributed by atoms with Crippen LogP contribution in [0.15, 0.2) is 30.3 Å². The van der Waals surface area contributed by atoms with E-state index >= 15 is 0 Å². The van der Waals surface area contributed by atoms with Crippen LogP contribution in [0.1, 0.15) is 19.8 Å². The fourth-order valence-corrected chi connectivity index (χ4v) is 5.15. The molecule has 0 spiro atoms. The van der Waals surface area contributed by atoms with Gasteiger partial charge in [-0.25, -0.2) is 4.79 Å². The highest BCUT2D eigenvalue weighted by atomic mass is 16.2. The minimum Gasteiger partial charge on any atom is -0.340 e. The van der Waals surface area contributed by atoms with E-state index < -0.39 is 0 Å². The molecule has 0 saturated carbocycles. The highest BCUT2D eigenvalue weighted by Crippen LogP contribution is 2.36. The van der Waals surface area contributed by atoms with Gasteiger partial charge >= 0.3 is 6.03 Å². The SMILES string of the molecule is CC(=O)N1CCN(CC2CN3CCC2CC3CNC(=O)Nc2ccccc2)CC1. The molecular formula is C22H33N5O2. The average Bonchev–Trinajstić information content (AvgIpc) is 2.74. The van der Waals surface area contributed by atoms with Gasteiger partial charge in [0.25, 0.3) is 0 Å². The summed E-state index contributed by atoms with van der Waals surface area (Å²) in [5.74, 6) is 1.65. The van der Waals surface area contributed by atoms with Crippen LogP contribution in [0, 0.1) is 11.8 Å². The first-order valence-electron chi connectivity index (χ1n) is 10.9. The number of para-hydroxylation sites is 1. The summed E-state index contributed by atoms with van der Waals surface area (Å²) in [6.45, 7) is 9.49. The summed E-state index contributed by atoms with van der Waals surface area (Å²) in [6, 6.07) is 9.89. The molecule has 4 saturated heterocycles. The molecule has 4 aliphatic heterocycles. The van der Waals surface area contributed by atoms with Crippen molar-refractivity contribution >= 4 is 17.6 Å². The molecule has 7 nitrogen and oxygen atoms in total. The molecule has 7 heteroatoms. The first-order valence-corrected chi connectivity index (χ1v) is 10.9. The van der Waals surface area contributed by atoms with E-state index in [1.165, 1.54) is 12.8 Å². The van der Waals surface area contributed by atoms with Gasteiger partial charge in [0, 0.05) is 64.5 Å². The molecule has 158 valence electrons. The summed E-state index contributed by atoms with van der Waals surface area (Å²) in [7, 11) is 0. The van der Waals surface area contributed by atoms with Crippen LogP contribution in [0.2, 0.25) is 0 Å². The Kier molecular flexibility index (Phi) is 6.35. The number of urea groups is 1. The van der Waals surface area contributed by atoms with Gasteiger partial charge in [0.1, 0.15) is 0 Å². The normalized spacial score (nSPS) is 29.5. The first-order chi connectivity index (χ1) is 14.1. The topological polar surface area (TPSA) is 67.9 Å². The van der Waals surface area contributed by atoms with Gasteiger partial charge in [0.2, 0.25) is 5.91 Å². The van der Waals surface area contributed by atoms with Crippen molar-refractivity contribution in [1.29, 1.82) is 0 Å². The maximum absolute atomic E-state index is 12.2. The summed E-state index contributed by atoms with van der Waals surface area (Å²) in [5.41, 5.74) is 0.820. The number of rotatable bonds is 5. The molecule has 5 rings (SSSR count). The molecule has 0 aliphatic carbocycles. The van der Waals surface area contributed by atoms with Crippen molar-refractivity contribution in [2.75, 3.05) is 57.7 Å². The van der Waals surface area contributed by atoms with Crippen LogP contribution in [0.4, 0.5) is 10.5 Å². The Bertz CT molecular complexity index is 704. The molecule has 1 aromatic carbocycles. The number of piperidine rings is 3. The van der Waals surface area contributed by atoms with Crippen molar-refractivity contribution in [1.82, 2.24) is 20.0 Å². The number of nitrogens with one attached hydrogen (secondary N) is 2. The molecule has 4 aliphatic rings. The number of carbonyl (C=O) groups excluding carboxylic acids is 2. The number of hydrogen-bond donors (Lipinski definition) is 2. The van der Waals surface area contributed by atoms with Crippen LogP contribution in [0.5, 0.6) is 0 Å². The molecule has 4 fully saturated rings. The van der Waals surface area contributed by atoms with Crippen LogP contribution in [0.25, 0.3) is 0 Å². The molecule has 1 aromatic rings. The summed E-state index contributed by atoms with van der Waals surface area (Å²) in [5, 5.41) is 5.95. The Morgan fingerprint density at radius 1 is 1.07 bits per heavy atom. The number of hydrogen-bond acceptors (Lipinski definition) is 4. The van der Waals surface area contributed by atoms with Gasteiger partial charge in [-0.15, -0.1) is 0 Å². The zero-order chi connectivity index (χ0) is 20.2. The van der Waals surface area contributed by atoms with Crippen molar-refractivity contribution in [2.24, 2.45) is 11.8 Å². The Labute approximate surface area is 173 Å². The van der Waals surface area contributed by atoms with E-state index in [0.29, 0.717) is 18.5 Å². The van der Waals surface area contributed by atoms with Gasteiger partial charge in [-0.3, -0.25) is 14.6 Å². The zero-order valence-corrected chi connectivity index (χ0v) is 17.3. The van der Waals surface area contributed by atoms with E-state index in [1.807, 2.05) is 35.2 Å². The minimum atomic E-state index is -0.126. The molecule has 0 radical (unpaired) electrons. The van der Waals surface area contributed by atoms with Gasteiger partial charge in [0.15, 0.2) is 0 Å². The highest BCUT2D eigenvalue weighted by molar-refractivity contribution is 5.89. The van der Waals surface area contributed by atoms with Gasteiger partial charge in [-0.2, -0.15) is 0 Å². The summed E-state index contributed by atoms with van der Waals surface area (Å²) in [4.78, 5) is 30.8. The van der Waals surface area contributed by atoms with Crippen molar-refractivity contribution < 1.29 is 9.59 Å². The van der Waals surface area contributed by atoms with Crippen LogP contribution >= 0.6 is 0 Å². The van der Waals surface area contributed by atoms with Crippen molar-refractivity contribution in [3.05, 3.63) is 30.3 Å². The maximum Gasteiger partial charge on any atom is 0.319 e. The molecule has 0 aromatic heterocycles. The second-order valence-electron chi connectivity index (χ2n) is 8.70. The molecule has 4 atom stereocenters. The lowest BCUT2D eigenvalue weighted by molar-refractivity contribution is -0.130. The number of fused-ring (bicyclic) bond motifs is 3. The first kappa shape index (κ1) is 20.2. The largest absolute Gasteiger partial charge is 0.340 e. The Hall–Kier alpha value is -2.12. The van der Waals surface area contributed by atoms with Gasteiger partial charge in [-0.05, 0) is 43.4 Å². The standard InChI is InChI=1S/C22H33N5O2/c1-17(28)26-11-9-25(10-12-26)15-19-16-27-8-7-18(19)13-21(27)14-23-22(29)24-20-5-3-2-4-6-20/h2-6,18-19,21H,7-16H2,1H3,(H2,23,24,29). The summed E-state index contributed by atoms with van der Waals surface area (Å²) >= 11 is 0. The molecule has 29 heavy (non-hydrogen) atoms. The second-order valence-corrected chi connectivity index (χ2v) is 8.70. The molecule has 2 N–H and O–H groups in total. The lowest BCUT2D eigenvalue weighted by Crippen LogP contribution is -2.59. The van der Waals surface area contributed by atoms with E-state index in [9.17, 15) is 9.59 Å². The fourth-order valence-electron chi connectivity index (χ4n) is 5.15. The smallest absolute Gasteiger partial charge is 0.319 e. The van der Waals surface area contributed by atoms with Crippen LogP contribution in [-0.4, -0.2) is 85.0 Å². The highest BCUT2D eigenvalue weighted by Gasteiger charge is 2.40. The third-order valence-electron chi connectivity index (χ3n) is 6.85. The van der Waals surface area contributed by atoms with E-state index in [-0.39, 0.29) is 11.9 Å². The number of benzene rings is 1. The fraction of sp³-hybridized carbons (Fsp3) is 0.636. The minimum absolute atomic E-state index is 0.126. The van der Waals surface area contributed by atoms with E-state index in [2.05, 4.69) is 20.4 Å². The van der Waals surface area contributed by atoms with Crippen LogP contribution < -0.4 is 10.6 Å². The Morgan fingerprint density at radius 2 is 1.83 bits per heavy atom. The maximum atomic E-state index is 12.2. The zero-order valence-electron chi connectivity index (χ0n) is 17.3. The van der Waals surface area contributed by atoms with Crippen molar-refractivity contribution in [3.8, 4) is 0 Å². The number of nitrogens with zero attached hydrogens (tertiary/aromatic N) is 3. The average molecular weight is 400 g/mol. The number of anilines is 1. The number of amides is 3. The predicted molar refractivity (Wildman–Crippen MR) is 114 cm³/mol. The van der Waals surface area contributed by atoms with E-state index in [1.54, 1.807) is 6.92 Å². The summed E-state index contributed by atoms with van der Waals surface area (Å²) < 4.78 is 0. The Morgan fingerprint density at radius 3 is 2.48 bits per heavy atom. The molecule has 4 unspecified atom stereocenters. The molecular weight excluding hydrogens is 366 g/mol.